The fourth-order valence-electron chi connectivity index (χ4n) is 2.28. The van der Waals surface area contributed by atoms with Gasteiger partial charge in [0.05, 0.1) is 11.8 Å². The molecule has 100 valence electrons. The van der Waals surface area contributed by atoms with E-state index in [-0.39, 0.29) is 17.9 Å². The van der Waals surface area contributed by atoms with Crippen LogP contribution in [0.3, 0.4) is 0 Å². The zero-order valence-electron chi connectivity index (χ0n) is 10.8. The van der Waals surface area contributed by atoms with Crippen LogP contribution in [-0.4, -0.2) is 44.9 Å². The number of nitrogens with zero attached hydrogens (tertiary/aromatic N) is 3. The molecule has 0 spiro atoms. The molecule has 1 aromatic rings. The third-order valence-electron chi connectivity index (χ3n) is 3.51. The third-order valence-corrected chi connectivity index (χ3v) is 3.51. The number of anilines is 1. The van der Waals surface area contributed by atoms with Crippen LogP contribution in [0, 0.1) is 5.92 Å². The number of likely N-dealkylation sites (tertiary alicyclic amines) is 1. The maximum atomic E-state index is 12.3. The molecule has 0 aromatic carbocycles. The maximum absolute atomic E-state index is 12.3. The lowest BCUT2D eigenvalue weighted by Gasteiger charge is -2.16. The topological polar surface area (TPSA) is 84.4 Å². The predicted molar refractivity (Wildman–Crippen MR) is 68.0 cm³/mol. The summed E-state index contributed by atoms with van der Waals surface area (Å²) in [6.07, 6.45) is 2.13. The van der Waals surface area contributed by atoms with Gasteiger partial charge in [0.15, 0.2) is 5.69 Å². The number of carbonyl (C=O) groups excluding carboxylic acids is 1. The zero-order valence-corrected chi connectivity index (χ0v) is 10.8. The van der Waals surface area contributed by atoms with Crippen molar-refractivity contribution in [1.82, 2.24) is 14.7 Å². The molecule has 1 aliphatic rings. The Kier molecular flexibility index (Phi) is 3.56. The quantitative estimate of drug-likeness (QED) is 0.812. The number of hydrogen-bond acceptors (Lipinski definition) is 4. The van der Waals surface area contributed by atoms with Crippen molar-refractivity contribution < 1.29 is 9.90 Å². The van der Waals surface area contributed by atoms with Gasteiger partial charge in [-0.3, -0.25) is 9.48 Å². The van der Waals surface area contributed by atoms with E-state index in [1.807, 2.05) is 6.92 Å². The highest BCUT2D eigenvalue weighted by Gasteiger charge is 2.31. The molecule has 1 aromatic heterocycles. The number of carbonyl (C=O) groups is 1. The number of nitrogen functional groups attached to an aromatic ring is 1. The molecule has 0 bridgehead atoms. The van der Waals surface area contributed by atoms with Gasteiger partial charge in [0.2, 0.25) is 0 Å². The maximum Gasteiger partial charge on any atom is 0.276 e. The molecule has 2 heterocycles. The van der Waals surface area contributed by atoms with E-state index in [0.717, 1.165) is 6.42 Å². The van der Waals surface area contributed by atoms with E-state index in [4.69, 9.17) is 5.73 Å². The molecule has 6 nitrogen and oxygen atoms in total. The smallest absolute Gasteiger partial charge is 0.276 e. The van der Waals surface area contributed by atoms with Crippen LogP contribution in [0.15, 0.2) is 6.20 Å². The lowest BCUT2D eigenvalue weighted by molar-refractivity contribution is 0.0757. The normalized spacial score (nSPS) is 21.3. The molecular formula is C12H20N4O2. The third kappa shape index (κ3) is 2.33. The van der Waals surface area contributed by atoms with E-state index < -0.39 is 0 Å². The molecule has 1 saturated heterocycles. The van der Waals surface area contributed by atoms with Crippen LogP contribution < -0.4 is 5.73 Å². The van der Waals surface area contributed by atoms with Crippen LogP contribution in [0.1, 0.15) is 30.8 Å². The van der Waals surface area contributed by atoms with E-state index in [0.29, 0.717) is 31.0 Å². The molecule has 6 heteroatoms. The van der Waals surface area contributed by atoms with E-state index in [1.54, 1.807) is 22.7 Å². The molecule has 1 amide bonds. The van der Waals surface area contributed by atoms with Gasteiger partial charge in [-0.05, 0) is 20.3 Å². The second kappa shape index (κ2) is 4.97. The summed E-state index contributed by atoms with van der Waals surface area (Å²) in [5, 5.41) is 13.7. The molecule has 3 N–H and O–H groups in total. The van der Waals surface area contributed by atoms with Crippen molar-refractivity contribution in [3.05, 3.63) is 11.9 Å². The van der Waals surface area contributed by atoms with Crippen LogP contribution in [-0.2, 0) is 6.54 Å². The Hall–Kier alpha value is -1.56. The van der Waals surface area contributed by atoms with Crippen molar-refractivity contribution >= 4 is 11.6 Å². The summed E-state index contributed by atoms with van der Waals surface area (Å²) in [5.41, 5.74) is 6.54. The molecule has 18 heavy (non-hydrogen) atoms. The van der Waals surface area contributed by atoms with E-state index >= 15 is 0 Å². The summed E-state index contributed by atoms with van der Waals surface area (Å²) >= 11 is 0. The SMILES string of the molecule is CCn1cc(N)c(C(=O)N2CCC(C(C)O)C2)n1. The number of aryl methyl sites for hydroxylation is 1. The molecule has 0 aliphatic carbocycles. The first kappa shape index (κ1) is 12.9. The van der Waals surface area contributed by atoms with Crippen LogP contribution in [0.4, 0.5) is 5.69 Å². The first-order valence-electron chi connectivity index (χ1n) is 6.33. The van der Waals surface area contributed by atoms with Crippen molar-refractivity contribution in [2.75, 3.05) is 18.8 Å². The summed E-state index contributed by atoms with van der Waals surface area (Å²) in [6, 6.07) is 0. The van der Waals surface area contributed by atoms with Gasteiger partial charge < -0.3 is 15.7 Å². The molecule has 1 aliphatic heterocycles. The average molecular weight is 252 g/mol. The predicted octanol–water partition coefficient (Wildman–Crippen LogP) is 0.328. The first-order valence-corrected chi connectivity index (χ1v) is 6.33. The number of aliphatic hydroxyl groups is 1. The standard InChI is InChI=1S/C12H20N4O2/c1-3-16-7-10(13)11(14-16)12(18)15-5-4-9(6-15)8(2)17/h7-9,17H,3-6,13H2,1-2H3. The van der Waals surface area contributed by atoms with Crippen molar-refractivity contribution in [2.45, 2.75) is 32.9 Å². The van der Waals surface area contributed by atoms with Crippen molar-refractivity contribution in [3.8, 4) is 0 Å². The van der Waals surface area contributed by atoms with Crippen molar-refractivity contribution in [1.29, 1.82) is 0 Å². The second-order valence-corrected chi connectivity index (χ2v) is 4.83. The van der Waals surface area contributed by atoms with Gasteiger partial charge in [-0.15, -0.1) is 0 Å². The van der Waals surface area contributed by atoms with E-state index in [9.17, 15) is 9.90 Å². The number of amides is 1. The lowest BCUT2D eigenvalue weighted by Crippen LogP contribution is -2.31. The van der Waals surface area contributed by atoms with E-state index in [1.165, 1.54) is 0 Å². The summed E-state index contributed by atoms with van der Waals surface area (Å²) < 4.78 is 1.66. The van der Waals surface area contributed by atoms with Gasteiger partial charge >= 0.3 is 0 Å². The fourth-order valence-corrected chi connectivity index (χ4v) is 2.28. The number of aromatic nitrogens is 2. The Morgan fingerprint density at radius 1 is 1.72 bits per heavy atom. The second-order valence-electron chi connectivity index (χ2n) is 4.83. The molecule has 0 saturated carbocycles. The van der Waals surface area contributed by atoms with Gasteiger partial charge in [-0.1, -0.05) is 0 Å². The van der Waals surface area contributed by atoms with Crippen LogP contribution in [0.25, 0.3) is 0 Å². The summed E-state index contributed by atoms with van der Waals surface area (Å²) in [5.74, 6) is 0.0197. The summed E-state index contributed by atoms with van der Waals surface area (Å²) in [6.45, 7) is 5.63. The zero-order chi connectivity index (χ0) is 13.3. The first-order chi connectivity index (χ1) is 8.52. The van der Waals surface area contributed by atoms with Crippen molar-refractivity contribution in [3.63, 3.8) is 0 Å². The highest BCUT2D eigenvalue weighted by molar-refractivity contribution is 5.97. The van der Waals surface area contributed by atoms with Crippen LogP contribution in [0.2, 0.25) is 0 Å². The number of nitrogens with two attached hydrogens (primary N) is 1. The lowest BCUT2D eigenvalue weighted by atomic mass is 10.0. The average Bonchev–Trinajstić information content (AvgIpc) is 2.94. The Morgan fingerprint density at radius 2 is 2.44 bits per heavy atom. The van der Waals surface area contributed by atoms with E-state index in [2.05, 4.69) is 5.10 Å². The minimum atomic E-state index is -0.381. The Bertz CT molecular complexity index is 441. The van der Waals surface area contributed by atoms with Crippen molar-refractivity contribution in [2.24, 2.45) is 5.92 Å². The molecule has 2 unspecified atom stereocenters. The van der Waals surface area contributed by atoms with Crippen LogP contribution in [0.5, 0.6) is 0 Å². The number of rotatable bonds is 3. The highest BCUT2D eigenvalue weighted by atomic mass is 16.3. The Balaban J connectivity index is 2.10. The summed E-state index contributed by atoms with van der Waals surface area (Å²) in [4.78, 5) is 14.0. The molecular weight excluding hydrogens is 232 g/mol. The van der Waals surface area contributed by atoms with Gasteiger partial charge in [-0.2, -0.15) is 5.10 Å². The minimum Gasteiger partial charge on any atom is -0.396 e. The molecule has 1 fully saturated rings. The monoisotopic (exact) mass is 252 g/mol. The Labute approximate surface area is 106 Å². The van der Waals surface area contributed by atoms with Gasteiger partial charge in [0.1, 0.15) is 0 Å². The van der Waals surface area contributed by atoms with Gasteiger partial charge in [0.25, 0.3) is 5.91 Å². The van der Waals surface area contributed by atoms with Crippen LogP contribution >= 0.6 is 0 Å². The largest absolute Gasteiger partial charge is 0.396 e. The molecule has 2 rings (SSSR count). The number of hydrogen-bond donors (Lipinski definition) is 2. The molecule has 0 radical (unpaired) electrons. The highest BCUT2D eigenvalue weighted by Crippen LogP contribution is 2.22. The number of aliphatic hydroxyl groups excluding tert-OH is 1. The minimum absolute atomic E-state index is 0.136. The van der Waals surface area contributed by atoms with Gasteiger partial charge in [0, 0.05) is 31.7 Å². The fraction of sp³-hybridized carbons (Fsp3) is 0.667. The van der Waals surface area contributed by atoms with Gasteiger partial charge in [-0.25, -0.2) is 0 Å². The molecule has 2 atom stereocenters. The summed E-state index contributed by atoms with van der Waals surface area (Å²) in [7, 11) is 0. The Morgan fingerprint density at radius 3 is 2.94 bits per heavy atom.